The number of hydrogen-bond donors (Lipinski definition) is 1. The molecule has 2 aromatic carbocycles. The van der Waals surface area contributed by atoms with Gasteiger partial charge in [0.1, 0.15) is 11.9 Å². The van der Waals surface area contributed by atoms with Crippen LogP contribution in [-0.4, -0.2) is 22.9 Å². The van der Waals surface area contributed by atoms with Crippen molar-refractivity contribution in [3.8, 4) is 5.75 Å². The minimum atomic E-state index is -1.21. The Hall–Kier alpha value is -3.16. The molecule has 1 unspecified atom stereocenters. The molecule has 2 heterocycles. The summed E-state index contributed by atoms with van der Waals surface area (Å²) in [7, 11) is 0. The number of carboxylic acids is 1. The van der Waals surface area contributed by atoms with Crippen LogP contribution in [0.3, 0.4) is 0 Å². The third kappa shape index (κ3) is 3.58. The molecule has 1 N–H and O–H groups in total. The van der Waals surface area contributed by atoms with Gasteiger partial charge in [-0.2, -0.15) is 0 Å². The molecule has 0 radical (unpaired) electrons. The summed E-state index contributed by atoms with van der Waals surface area (Å²) in [6.45, 7) is 1.89. The first-order valence-corrected chi connectivity index (χ1v) is 10.3. The lowest BCUT2D eigenvalue weighted by atomic mass is 10.0. The molecule has 152 valence electrons. The number of halogens is 1. The molecule has 1 aliphatic heterocycles. The van der Waals surface area contributed by atoms with E-state index in [-0.39, 0.29) is 34.4 Å². The predicted octanol–water partition coefficient (Wildman–Crippen LogP) is 4.97. The Labute approximate surface area is 181 Å². The van der Waals surface area contributed by atoms with Gasteiger partial charge in [-0.15, -0.1) is 11.3 Å². The summed E-state index contributed by atoms with van der Waals surface area (Å²) >= 11 is 7.39. The van der Waals surface area contributed by atoms with E-state index in [0.717, 1.165) is 21.8 Å². The highest BCUT2D eigenvalue weighted by Crippen LogP contribution is 2.37. The Bertz CT molecular complexity index is 1160. The molecule has 1 aliphatic rings. The van der Waals surface area contributed by atoms with Crippen molar-refractivity contribution in [2.75, 3.05) is 4.90 Å². The fourth-order valence-corrected chi connectivity index (χ4v) is 4.54. The second kappa shape index (κ2) is 7.93. The van der Waals surface area contributed by atoms with Crippen molar-refractivity contribution in [2.24, 2.45) is 0 Å². The number of anilines is 1. The van der Waals surface area contributed by atoms with Crippen LogP contribution in [0.5, 0.6) is 5.75 Å². The second-order valence-electron chi connectivity index (χ2n) is 6.75. The van der Waals surface area contributed by atoms with Gasteiger partial charge < -0.3 is 9.84 Å². The summed E-state index contributed by atoms with van der Waals surface area (Å²) in [6.07, 6.45) is -0.337. The van der Waals surface area contributed by atoms with E-state index in [1.54, 1.807) is 12.1 Å². The van der Waals surface area contributed by atoms with Gasteiger partial charge in [0.25, 0.3) is 5.91 Å². The summed E-state index contributed by atoms with van der Waals surface area (Å²) in [4.78, 5) is 38.7. The van der Waals surface area contributed by atoms with Crippen LogP contribution in [0, 0.1) is 0 Å². The smallest absolute Gasteiger partial charge is 0.337 e. The highest BCUT2D eigenvalue weighted by Gasteiger charge is 2.37. The number of benzene rings is 2. The summed E-state index contributed by atoms with van der Waals surface area (Å²) in [5, 5.41) is 10.9. The second-order valence-corrected chi connectivity index (χ2v) is 8.12. The molecular formula is C22H16ClNO5S. The van der Waals surface area contributed by atoms with Gasteiger partial charge in [0.15, 0.2) is 0 Å². The Kier molecular flexibility index (Phi) is 5.32. The van der Waals surface area contributed by atoms with Gasteiger partial charge in [-0.3, -0.25) is 9.59 Å². The van der Waals surface area contributed by atoms with E-state index in [9.17, 15) is 19.5 Å². The molecule has 0 saturated carbocycles. The van der Waals surface area contributed by atoms with E-state index in [2.05, 4.69) is 0 Å². The standard InChI is InChI=1S/C22H16ClNO5S/c1-12(13-5-3-2-4-6-13)29-14-7-8-16(23)17(9-14)24-19(25)10-18-20(21(24)26)15(11-30-18)22(27)28/h2-9,11-12H,10H2,1H3,(H,27,28). The third-order valence-electron chi connectivity index (χ3n) is 4.82. The zero-order chi connectivity index (χ0) is 21.4. The number of aromatic carboxylic acids is 1. The van der Waals surface area contributed by atoms with Crippen molar-refractivity contribution >= 4 is 46.4 Å². The van der Waals surface area contributed by atoms with Crippen LogP contribution in [0.4, 0.5) is 5.69 Å². The Morgan fingerprint density at radius 2 is 1.93 bits per heavy atom. The van der Waals surface area contributed by atoms with E-state index in [1.807, 2.05) is 37.3 Å². The zero-order valence-electron chi connectivity index (χ0n) is 15.8. The monoisotopic (exact) mass is 441 g/mol. The van der Waals surface area contributed by atoms with E-state index < -0.39 is 17.8 Å². The number of carboxylic acid groups (broad SMARTS) is 1. The van der Waals surface area contributed by atoms with Crippen LogP contribution in [0.15, 0.2) is 53.9 Å². The molecule has 0 aliphatic carbocycles. The number of carbonyl (C=O) groups is 3. The predicted molar refractivity (Wildman–Crippen MR) is 114 cm³/mol. The molecule has 30 heavy (non-hydrogen) atoms. The highest BCUT2D eigenvalue weighted by atomic mass is 35.5. The first-order valence-electron chi connectivity index (χ1n) is 9.09. The minimum absolute atomic E-state index is 0.0344. The maximum Gasteiger partial charge on any atom is 0.337 e. The van der Waals surface area contributed by atoms with Gasteiger partial charge in [0, 0.05) is 16.3 Å². The number of rotatable bonds is 5. The van der Waals surface area contributed by atoms with Crippen LogP contribution in [0.1, 0.15) is 44.2 Å². The van der Waals surface area contributed by atoms with Crippen LogP contribution < -0.4 is 9.64 Å². The van der Waals surface area contributed by atoms with Crippen molar-refractivity contribution in [2.45, 2.75) is 19.4 Å². The summed E-state index contributed by atoms with van der Waals surface area (Å²) in [5.41, 5.74) is 1.05. The molecule has 0 bridgehead atoms. The number of ether oxygens (including phenoxy) is 1. The average Bonchev–Trinajstić information content (AvgIpc) is 3.15. The van der Waals surface area contributed by atoms with Crippen molar-refractivity contribution in [3.05, 3.63) is 80.5 Å². The van der Waals surface area contributed by atoms with Crippen molar-refractivity contribution in [1.82, 2.24) is 0 Å². The summed E-state index contributed by atoms with van der Waals surface area (Å²) in [6, 6.07) is 14.3. The van der Waals surface area contributed by atoms with Crippen LogP contribution in [0.2, 0.25) is 5.02 Å². The highest BCUT2D eigenvalue weighted by molar-refractivity contribution is 7.11. The van der Waals surface area contributed by atoms with Gasteiger partial charge in [-0.25, -0.2) is 9.69 Å². The lowest BCUT2D eigenvalue weighted by Gasteiger charge is -2.27. The van der Waals surface area contributed by atoms with E-state index in [0.29, 0.717) is 10.6 Å². The molecule has 8 heteroatoms. The Balaban J connectivity index is 1.69. The maximum absolute atomic E-state index is 13.1. The van der Waals surface area contributed by atoms with Gasteiger partial charge >= 0.3 is 5.97 Å². The lowest BCUT2D eigenvalue weighted by Crippen LogP contribution is -2.42. The molecule has 3 aromatic rings. The fraction of sp³-hybridized carbons (Fsp3) is 0.136. The van der Waals surface area contributed by atoms with Crippen LogP contribution in [0.25, 0.3) is 0 Å². The van der Waals surface area contributed by atoms with Gasteiger partial charge in [-0.1, -0.05) is 41.9 Å². The third-order valence-corrected chi connectivity index (χ3v) is 6.12. The zero-order valence-corrected chi connectivity index (χ0v) is 17.4. The fourth-order valence-electron chi connectivity index (χ4n) is 3.34. The summed E-state index contributed by atoms with van der Waals surface area (Å²) < 4.78 is 5.97. The normalized spacial score (nSPS) is 14.4. The molecule has 4 rings (SSSR count). The number of imide groups is 1. The molecule has 1 atom stereocenters. The minimum Gasteiger partial charge on any atom is -0.486 e. The number of thiophene rings is 1. The van der Waals surface area contributed by atoms with Crippen molar-refractivity contribution in [3.63, 3.8) is 0 Å². The molecule has 6 nitrogen and oxygen atoms in total. The average molecular weight is 442 g/mol. The van der Waals surface area contributed by atoms with Gasteiger partial charge in [0.2, 0.25) is 5.91 Å². The van der Waals surface area contributed by atoms with Crippen LogP contribution >= 0.6 is 22.9 Å². The molecule has 0 saturated heterocycles. The number of nitrogens with zero attached hydrogens (tertiary/aromatic N) is 1. The molecule has 2 amide bonds. The van der Waals surface area contributed by atoms with Crippen LogP contribution in [-0.2, 0) is 11.2 Å². The van der Waals surface area contributed by atoms with Crippen molar-refractivity contribution < 1.29 is 24.2 Å². The molecule has 1 aromatic heterocycles. The lowest BCUT2D eigenvalue weighted by molar-refractivity contribution is -0.117. The topological polar surface area (TPSA) is 83.9 Å². The van der Waals surface area contributed by atoms with E-state index >= 15 is 0 Å². The molecule has 0 fully saturated rings. The van der Waals surface area contributed by atoms with Gasteiger partial charge in [0.05, 0.1) is 28.3 Å². The van der Waals surface area contributed by atoms with E-state index in [1.165, 1.54) is 11.4 Å². The number of hydrogen-bond acceptors (Lipinski definition) is 5. The number of fused-ring (bicyclic) bond motifs is 1. The number of amides is 2. The molecule has 0 spiro atoms. The quantitative estimate of drug-likeness (QED) is 0.565. The SMILES string of the molecule is CC(Oc1ccc(Cl)c(N2C(=O)Cc3scc(C(=O)O)c3C2=O)c1)c1ccccc1. The van der Waals surface area contributed by atoms with E-state index in [4.69, 9.17) is 16.3 Å². The Morgan fingerprint density at radius 1 is 1.20 bits per heavy atom. The Morgan fingerprint density at radius 3 is 2.63 bits per heavy atom. The van der Waals surface area contributed by atoms with Crippen molar-refractivity contribution in [1.29, 1.82) is 0 Å². The number of carbonyl (C=O) groups excluding carboxylic acids is 2. The largest absolute Gasteiger partial charge is 0.486 e. The first-order chi connectivity index (χ1) is 14.4. The molecular weight excluding hydrogens is 426 g/mol. The summed E-state index contributed by atoms with van der Waals surface area (Å²) in [5.74, 6) is -1.95. The first kappa shape index (κ1) is 20.1. The van der Waals surface area contributed by atoms with Gasteiger partial charge in [-0.05, 0) is 24.6 Å². The maximum atomic E-state index is 13.1.